The molecule has 1 fully saturated rings. The third-order valence-electron chi connectivity index (χ3n) is 5.63. The van der Waals surface area contributed by atoms with Crippen molar-refractivity contribution in [3.05, 3.63) is 95.8 Å². The van der Waals surface area contributed by atoms with Crippen LogP contribution in [0, 0.1) is 0 Å². The summed E-state index contributed by atoms with van der Waals surface area (Å²) in [6, 6.07) is 20.8. The summed E-state index contributed by atoms with van der Waals surface area (Å²) >= 11 is 0. The average Bonchev–Trinajstić information content (AvgIpc) is 2.88. The lowest BCUT2D eigenvalue weighted by Gasteiger charge is -2.29. The molecule has 0 aliphatic carbocycles. The fourth-order valence-corrected chi connectivity index (χ4v) is 3.91. The molecule has 1 aromatic heterocycles. The maximum atomic E-state index is 12.9. The number of anilines is 1. The molecule has 7 nitrogen and oxygen atoms in total. The molecule has 3 aromatic rings. The maximum absolute atomic E-state index is 12.9. The number of nitrogens with one attached hydrogen (secondary N) is 1. The zero-order valence-electron chi connectivity index (χ0n) is 18.5. The summed E-state index contributed by atoms with van der Waals surface area (Å²) < 4.78 is 0. The van der Waals surface area contributed by atoms with Crippen molar-refractivity contribution in [2.45, 2.75) is 32.4 Å². The summed E-state index contributed by atoms with van der Waals surface area (Å²) in [5, 5.41) is 0. The smallest absolute Gasteiger partial charge is 0.372 e. The number of piperidine rings is 1. The van der Waals surface area contributed by atoms with Crippen molar-refractivity contribution in [2.75, 3.05) is 18.0 Å². The molecule has 0 saturated carbocycles. The normalized spacial score (nSPS) is 13.3. The molecule has 0 unspecified atom stereocenters. The molecular formula is C26H28N4O3. The van der Waals surface area contributed by atoms with Gasteiger partial charge in [-0.15, -0.1) is 0 Å². The van der Waals surface area contributed by atoms with Crippen LogP contribution in [0.25, 0.3) is 0 Å². The van der Waals surface area contributed by atoms with Gasteiger partial charge in [0.1, 0.15) is 0 Å². The van der Waals surface area contributed by atoms with Crippen LogP contribution in [0.3, 0.4) is 0 Å². The van der Waals surface area contributed by atoms with Gasteiger partial charge in [0.25, 0.3) is 5.91 Å². The first-order chi connectivity index (χ1) is 16.2. The van der Waals surface area contributed by atoms with Gasteiger partial charge in [-0.05, 0) is 54.7 Å². The average molecular weight is 445 g/mol. The molecule has 2 aromatic carbocycles. The Balaban J connectivity index is 1.40. The molecule has 2 amide bonds. The molecule has 0 radical (unpaired) electrons. The van der Waals surface area contributed by atoms with Gasteiger partial charge < -0.3 is 9.74 Å². The highest BCUT2D eigenvalue weighted by Gasteiger charge is 2.19. The van der Waals surface area contributed by atoms with Gasteiger partial charge in [-0.1, -0.05) is 42.5 Å². The van der Waals surface area contributed by atoms with E-state index in [-0.39, 0.29) is 0 Å². The van der Waals surface area contributed by atoms with Crippen LogP contribution in [0.2, 0.25) is 0 Å². The zero-order valence-corrected chi connectivity index (χ0v) is 18.5. The number of aromatic nitrogens is 1. The van der Waals surface area contributed by atoms with E-state index in [1.807, 2.05) is 60.7 Å². The van der Waals surface area contributed by atoms with E-state index in [1.165, 1.54) is 11.3 Å². The van der Waals surface area contributed by atoms with Crippen LogP contribution in [-0.2, 0) is 17.9 Å². The van der Waals surface area contributed by atoms with E-state index in [9.17, 15) is 9.59 Å². The highest BCUT2D eigenvalue weighted by Crippen LogP contribution is 2.21. The Kier molecular flexibility index (Phi) is 7.53. The Morgan fingerprint density at radius 1 is 0.909 bits per heavy atom. The number of hydrogen-bond donors (Lipinski definition) is 1. The molecule has 7 heteroatoms. The van der Waals surface area contributed by atoms with Gasteiger partial charge in [0, 0.05) is 43.3 Å². The van der Waals surface area contributed by atoms with E-state index in [2.05, 4.69) is 15.4 Å². The third-order valence-corrected chi connectivity index (χ3v) is 5.63. The van der Waals surface area contributed by atoms with Crippen molar-refractivity contribution in [3.63, 3.8) is 0 Å². The summed E-state index contributed by atoms with van der Waals surface area (Å²) in [6.07, 6.45) is 6.30. The van der Waals surface area contributed by atoms with Crippen LogP contribution in [0.1, 0.15) is 40.7 Å². The molecule has 0 spiro atoms. The molecule has 0 bridgehead atoms. The van der Waals surface area contributed by atoms with Crippen molar-refractivity contribution >= 4 is 17.7 Å². The van der Waals surface area contributed by atoms with Gasteiger partial charge in [0.2, 0.25) is 0 Å². The fraction of sp³-hybridized carbons (Fsp3) is 0.269. The Morgan fingerprint density at radius 3 is 2.42 bits per heavy atom. The summed E-state index contributed by atoms with van der Waals surface area (Å²) in [6.45, 7) is 2.63. The number of hydrogen-bond acceptors (Lipinski definition) is 5. The highest BCUT2D eigenvalue weighted by atomic mass is 16.7. The zero-order chi connectivity index (χ0) is 22.9. The monoisotopic (exact) mass is 444 g/mol. The molecule has 1 N–H and O–H groups in total. The summed E-state index contributed by atoms with van der Waals surface area (Å²) in [5.41, 5.74) is 5.60. The van der Waals surface area contributed by atoms with E-state index in [0.29, 0.717) is 18.7 Å². The molecule has 1 aliphatic heterocycles. The lowest BCUT2D eigenvalue weighted by atomic mass is 10.1. The number of rotatable bonds is 6. The van der Waals surface area contributed by atoms with E-state index < -0.39 is 12.0 Å². The number of amides is 2. The second-order valence-electron chi connectivity index (χ2n) is 8.10. The summed E-state index contributed by atoms with van der Waals surface area (Å²) in [5.74, 6) is -0.455. The molecular weight excluding hydrogens is 416 g/mol. The van der Waals surface area contributed by atoms with Crippen molar-refractivity contribution in [3.8, 4) is 0 Å². The highest BCUT2D eigenvalue weighted by molar-refractivity contribution is 5.95. The van der Waals surface area contributed by atoms with Gasteiger partial charge in [0.05, 0.1) is 6.54 Å². The Labute approximate surface area is 194 Å². The second kappa shape index (κ2) is 11.1. The summed E-state index contributed by atoms with van der Waals surface area (Å²) in [4.78, 5) is 38.7. The predicted molar refractivity (Wildman–Crippen MR) is 126 cm³/mol. The van der Waals surface area contributed by atoms with Crippen molar-refractivity contribution in [2.24, 2.45) is 0 Å². The second-order valence-corrected chi connectivity index (χ2v) is 8.10. The third kappa shape index (κ3) is 6.32. The van der Waals surface area contributed by atoms with Gasteiger partial charge in [0.15, 0.2) is 0 Å². The quantitative estimate of drug-likeness (QED) is 0.565. The van der Waals surface area contributed by atoms with Crippen LogP contribution in [0.5, 0.6) is 0 Å². The number of hydroxylamine groups is 1. The number of pyridine rings is 1. The summed E-state index contributed by atoms with van der Waals surface area (Å²) in [7, 11) is 0. The lowest BCUT2D eigenvalue weighted by Crippen LogP contribution is -2.37. The topological polar surface area (TPSA) is 74.8 Å². The number of nitrogens with zero attached hydrogens (tertiary/aromatic N) is 3. The van der Waals surface area contributed by atoms with Gasteiger partial charge in [-0.25, -0.2) is 4.79 Å². The van der Waals surface area contributed by atoms with Crippen molar-refractivity contribution in [1.29, 1.82) is 0 Å². The predicted octanol–water partition coefficient (Wildman–Crippen LogP) is 4.56. The first-order valence-corrected chi connectivity index (χ1v) is 11.2. The van der Waals surface area contributed by atoms with Crippen molar-refractivity contribution < 1.29 is 14.4 Å². The molecule has 2 heterocycles. The first-order valence-electron chi connectivity index (χ1n) is 11.2. The molecule has 1 saturated heterocycles. The standard InChI is InChI=1S/C26H28N4O3/c31-25(23-12-7-13-24(17-23)29-15-5-2-6-16-29)28-33-26(32)30(19-21-9-3-1-4-10-21)20-22-11-8-14-27-18-22/h1,3-4,7-14,17-18H,2,5-6,15-16,19-20H2,(H,28,31). The lowest BCUT2D eigenvalue weighted by molar-refractivity contribution is 0.0397. The van der Waals surface area contributed by atoms with Crippen molar-refractivity contribution in [1.82, 2.24) is 15.4 Å². The molecule has 0 atom stereocenters. The van der Waals surface area contributed by atoms with Gasteiger partial charge in [-0.3, -0.25) is 14.7 Å². The van der Waals surface area contributed by atoms with E-state index in [4.69, 9.17) is 4.84 Å². The molecule has 33 heavy (non-hydrogen) atoms. The minimum atomic E-state index is -0.636. The SMILES string of the molecule is O=C(NOC(=O)N(Cc1ccccc1)Cc1cccnc1)c1cccc(N2CCCCC2)c1. The van der Waals surface area contributed by atoms with Crippen LogP contribution in [0.4, 0.5) is 10.5 Å². The Hall–Kier alpha value is -3.87. The first kappa shape index (κ1) is 22.3. The van der Waals surface area contributed by atoms with Crippen LogP contribution < -0.4 is 10.4 Å². The largest absolute Gasteiger partial charge is 0.434 e. The number of carbonyl (C=O) groups excluding carboxylic acids is 2. The number of benzene rings is 2. The Morgan fingerprint density at radius 2 is 1.67 bits per heavy atom. The maximum Gasteiger partial charge on any atom is 0.434 e. The van der Waals surface area contributed by atoms with E-state index in [0.717, 1.165) is 42.7 Å². The van der Waals surface area contributed by atoms with Crippen LogP contribution in [-0.4, -0.2) is 35.0 Å². The minimum absolute atomic E-state index is 0.307. The van der Waals surface area contributed by atoms with Gasteiger partial charge >= 0.3 is 6.09 Å². The van der Waals surface area contributed by atoms with E-state index in [1.54, 1.807) is 18.5 Å². The molecule has 170 valence electrons. The Bertz CT molecular complexity index is 1010. The molecule has 4 rings (SSSR count). The fourth-order valence-electron chi connectivity index (χ4n) is 3.91. The molecule has 1 aliphatic rings. The van der Waals surface area contributed by atoms with Gasteiger partial charge in [-0.2, -0.15) is 5.48 Å². The van der Waals surface area contributed by atoms with E-state index >= 15 is 0 Å². The minimum Gasteiger partial charge on any atom is -0.372 e. The van der Waals surface area contributed by atoms with Crippen LogP contribution in [0.15, 0.2) is 79.1 Å². The van der Waals surface area contributed by atoms with Crippen LogP contribution >= 0.6 is 0 Å². The number of carbonyl (C=O) groups is 2.